The Hall–Kier alpha value is -2.85. The van der Waals surface area contributed by atoms with E-state index in [9.17, 15) is 22.8 Å². The molecule has 8 nitrogen and oxygen atoms in total. The molecule has 4 rings (SSSR count). The molecule has 2 aromatic rings. The van der Waals surface area contributed by atoms with Gasteiger partial charge in [-0.1, -0.05) is 0 Å². The third-order valence-electron chi connectivity index (χ3n) is 5.57. The number of carbonyl (C=O) groups is 2. The summed E-state index contributed by atoms with van der Waals surface area (Å²) in [5.41, 5.74) is 1.20. The fourth-order valence-corrected chi connectivity index (χ4v) is 3.75. The van der Waals surface area contributed by atoms with Gasteiger partial charge >= 0.3 is 12.2 Å². The fourth-order valence-electron chi connectivity index (χ4n) is 3.75. The van der Waals surface area contributed by atoms with Gasteiger partial charge in [-0.05, 0) is 51.2 Å². The third kappa shape index (κ3) is 3.56. The van der Waals surface area contributed by atoms with Gasteiger partial charge in [0.1, 0.15) is 6.04 Å². The number of nitrogens with zero attached hydrogens (tertiary/aromatic N) is 5. The van der Waals surface area contributed by atoms with E-state index in [-0.39, 0.29) is 17.9 Å². The number of aromatic nitrogens is 3. The number of anilines is 1. The second-order valence-electron chi connectivity index (χ2n) is 8.12. The molecule has 0 aromatic carbocycles. The first-order valence-electron chi connectivity index (χ1n) is 9.89. The lowest BCUT2D eigenvalue weighted by Crippen LogP contribution is -2.47. The summed E-state index contributed by atoms with van der Waals surface area (Å²) < 4.78 is 41.1. The molecule has 0 spiro atoms. The molecule has 1 N–H and O–H groups in total. The average molecular weight is 424 g/mol. The number of imidazole rings is 1. The minimum atomic E-state index is -4.53. The van der Waals surface area contributed by atoms with E-state index in [0.29, 0.717) is 42.8 Å². The van der Waals surface area contributed by atoms with E-state index in [2.05, 4.69) is 15.4 Å². The summed E-state index contributed by atoms with van der Waals surface area (Å²) in [7, 11) is 0. The van der Waals surface area contributed by atoms with Gasteiger partial charge in [-0.25, -0.2) is 14.3 Å². The van der Waals surface area contributed by atoms with Crippen LogP contribution in [0.25, 0.3) is 5.52 Å². The van der Waals surface area contributed by atoms with Crippen LogP contribution in [-0.4, -0.2) is 62.8 Å². The zero-order valence-electron chi connectivity index (χ0n) is 16.9. The molecule has 1 atom stereocenters. The first-order chi connectivity index (χ1) is 14.1. The number of aryl methyl sites for hydroxylation is 1. The van der Waals surface area contributed by atoms with Crippen molar-refractivity contribution in [3.05, 3.63) is 23.7 Å². The van der Waals surface area contributed by atoms with E-state index in [1.54, 1.807) is 17.9 Å². The van der Waals surface area contributed by atoms with E-state index in [0.717, 1.165) is 0 Å². The fraction of sp³-hybridized carbons (Fsp3) is 0.579. The second-order valence-corrected chi connectivity index (χ2v) is 8.12. The summed E-state index contributed by atoms with van der Waals surface area (Å²) in [6, 6.07) is -0.360. The predicted molar refractivity (Wildman–Crippen MR) is 102 cm³/mol. The highest BCUT2D eigenvalue weighted by molar-refractivity contribution is 5.94. The number of urea groups is 1. The van der Waals surface area contributed by atoms with Crippen LogP contribution in [0.1, 0.15) is 42.9 Å². The zero-order valence-corrected chi connectivity index (χ0v) is 16.9. The standard InChI is InChI=1S/C19H23F3N6O2/c1-10(2)26-6-7-27(18(26)30)14-8-11(3)13-9-23-16(28(13)25-14)17(29)24-15(12-4-5-12)19(20,21)22/h8-10,12,15H,4-7H2,1-3H3,(H,24,29). The number of fused-ring (bicyclic) bond motifs is 1. The lowest BCUT2D eigenvalue weighted by molar-refractivity contribution is -0.158. The topological polar surface area (TPSA) is 82.8 Å². The molecule has 0 bridgehead atoms. The average Bonchev–Trinajstić information content (AvgIpc) is 3.26. The van der Waals surface area contributed by atoms with Crippen molar-refractivity contribution in [3.63, 3.8) is 0 Å². The van der Waals surface area contributed by atoms with Crippen LogP contribution in [0.4, 0.5) is 23.8 Å². The van der Waals surface area contributed by atoms with Gasteiger partial charge in [-0.3, -0.25) is 9.69 Å². The maximum absolute atomic E-state index is 13.3. The third-order valence-corrected chi connectivity index (χ3v) is 5.57. The molecule has 11 heteroatoms. The lowest BCUT2D eigenvalue weighted by Gasteiger charge is -2.22. The van der Waals surface area contributed by atoms with E-state index in [4.69, 9.17) is 0 Å². The zero-order chi connectivity index (χ0) is 21.8. The Labute approximate surface area is 171 Å². The van der Waals surface area contributed by atoms with E-state index < -0.39 is 24.0 Å². The Morgan fingerprint density at radius 2 is 1.97 bits per heavy atom. The van der Waals surface area contributed by atoms with Gasteiger partial charge in [0.25, 0.3) is 5.91 Å². The Bertz CT molecular complexity index is 998. The van der Waals surface area contributed by atoms with Crippen molar-refractivity contribution < 1.29 is 22.8 Å². The molecule has 1 saturated carbocycles. The van der Waals surface area contributed by atoms with Crippen molar-refractivity contribution in [2.75, 3.05) is 18.0 Å². The van der Waals surface area contributed by atoms with E-state index >= 15 is 0 Å². The van der Waals surface area contributed by atoms with Crippen LogP contribution in [0.15, 0.2) is 12.3 Å². The first kappa shape index (κ1) is 20.4. The van der Waals surface area contributed by atoms with Crippen molar-refractivity contribution in [2.45, 2.75) is 51.9 Å². The molecular weight excluding hydrogens is 401 g/mol. The van der Waals surface area contributed by atoms with Crippen LogP contribution in [0.5, 0.6) is 0 Å². The Morgan fingerprint density at radius 3 is 2.53 bits per heavy atom. The SMILES string of the molecule is Cc1cc(N2CCN(C(C)C)C2=O)nn2c(C(=O)NC(C3CC3)C(F)(F)F)ncc12. The maximum Gasteiger partial charge on any atom is 0.408 e. The summed E-state index contributed by atoms with van der Waals surface area (Å²) in [6.45, 7) is 6.58. The number of alkyl halides is 3. The van der Waals surface area contributed by atoms with Gasteiger partial charge in [0, 0.05) is 19.1 Å². The molecule has 2 fully saturated rings. The van der Waals surface area contributed by atoms with Crippen LogP contribution in [-0.2, 0) is 0 Å². The highest BCUT2D eigenvalue weighted by Gasteiger charge is 2.50. The molecular formula is C19H23F3N6O2. The largest absolute Gasteiger partial charge is 0.408 e. The summed E-state index contributed by atoms with van der Waals surface area (Å²) in [5.74, 6) is -1.45. The number of carbonyl (C=O) groups excluding carboxylic acids is 2. The summed E-state index contributed by atoms with van der Waals surface area (Å²) in [5, 5.41) is 6.44. The summed E-state index contributed by atoms with van der Waals surface area (Å²) in [4.78, 5) is 32.5. The lowest BCUT2D eigenvalue weighted by atomic mass is 10.2. The Kier molecular flexibility index (Phi) is 4.86. The highest BCUT2D eigenvalue weighted by Crippen LogP contribution is 2.40. The molecule has 0 radical (unpaired) electrons. The predicted octanol–water partition coefficient (Wildman–Crippen LogP) is 2.76. The number of hydrogen-bond donors (Lipinski definition) is 1. The van der Waals surface area contributed by atoms with Crippen LogP contribution in [0.3, 0.4) is 0 Å². The minimum Gasteiger partial charge on any atom is -0.337 e. The number of halogens is 3. The first-order valence-corrected chi connectivity index (χ1v) is 9.89. The van der Waals surface area contributed by atoms with Crippen molar-refractivity contribution in [1.29, 1.82) is 0 Å². The number of hydrogen-bond acceptors (Lipinski definition) is 4. The molecule has 30 heavy (non-hydrogen) atoms. The normalized spacial score (nSPS) is 18.6. The number of amides is 3. The summed E-state index contributed by atoms with van der Waals surface area (Å²) >= 11 is 0. The molecule has 3 amide bonds. The minimum absolute atomic E-state index is 0.0311. The van der Waals surface area contributed by atoms with Crippen LogP contribution >= 0.6 is 0 Å². The van der Waals surface area contributed by atoms with Gasteiger partial charge in [0.2, 0.25) is 5.82 Å². The smallest absolute Gasteiger partial charge is 0.337 e. The van der Waals surface area contributed by atoms with Gasteiger partial charge < -0.3 is 10.2 Å². The van der Waals surface area contributed by atoms with E-state index in [1.807, 2.05) is 13.8 Å². The van der Waals surface area contributed by atoms with Crippen molar-refractivity contribution >= 4 is 23.3 Å². The monoisotopic (exact) mass is 424 g/mol. The van der Waals surface area contributed by atoms with Crippen molar-refractivity contribution in [3.8, 4) is 0 Å². The molecule has 162 valence electrons. The van der Waals surface area contributed by atoms with Crippen LogP contribution < -0.4 is 10.2 Å². The molecule has 1 aliphatic carbocycles. The molecule has 1 unspecified atom stereocenters. The van der Waals surface area contributed by atoms with Gasteiger partial charge in [0.15, 0.2) is 5.82 Å². The van der Waals surface area contributed by atoms with Crippen molar-refractivity contribution in [2.24, 2.45) is 5.92 Å². The molecule has 2 aromatic heterocycles. The Morgan fingerprint density at radius 1 is 1.27 bits per heavy atom. The summed E-state index contributed by atoms with van der Waals surface area (Å²) in [6.07, 6.45) is -2.27. The molecule has 3 heterocycles. The van der Waals surface area contributed by atoms with Crippen LogP contribution in [0.2, 0.25) is 0 Å². The Balaban J connectivity index is 1.66. The van der Waals surface area contributed by atoms with Gasteiger partial charge in [-0.2, -0.15) is 13.2 Å². The number of rotatable bonds is 5. The molecule has 1 saturated heterocycles. The van der Waals surface area contributed by atoms with Gasteiger partial charge in [0.05, 0.1) is 11.7 Å². The van der Waals surface area contributed by atoms with E-state index in [1.165, 1.54) is 15.6 Å². The number of nitrogens with one attached hydrogen (secondary N) is 1. The molecule has 1 aliphatic heterocycles. The second kappa shape index (κ2) is 7.13. The highest BCUT2D eigenvalue weighted by atomic mass is 19.4. The van der Waals surface area contributed by atoms with Crippen LogP contribution in [0, 0.1) is 12.8 Å². The maximum atomic E-state index is 13.3. The quantitative estimate of drug-likeness (QED) is 0.800. The van der Waals surface area contributed by atoms with Gasteiger partial charge in [-0.15, -0.1) is 5.10 Å². The molecule has 2 aliphatic rings. The van der Waals surface area contributed by atoms with Crippen molar-refractivity contribution in [1.82, 2.24) is 24.8 Å².